The summed E-state index contributed by atoms with van der Waals surface area (Å²) in [7, 11) is 1.77. The second-order valence-electron chi connectivity index (χ2n) is 7.03. The van der Waals surface area contributed by atoms with Crippen molar-refractivity contribution in [3.8, 4) is 0 Å². The van der Waals surface area contributed by atoms with E-state index in [4.69, 9.17) is 4.74 Å². The first-order valence-corrected chi connectivity index (χ1v) is 10.1. The molecule has 1 aromatic carbocycles. The van der Waals surface area contributed by atoms with Crippen molar-refractivity contribution in [1.82, 2.24) is 16.0 Å². The predicted molar refractivity (Wildman–Crippen MR) is 125 cm³/mol. The number of hydrogen-bond donors (Lipinski definition) is 3. The molecular formula is C21H35IN4O2. The Morgan fingerprint density at radius 3 is 2.46 bits per heavy atom. The molecule has 0 radical (unpaired) electrons. The lowest BCUT2D eigenvalue weighted by molar-refractivity contribution is 0.0953. The fraction of sp³-hybridized carbons (Fsp3) is 0.619. The molecule has 0 aliphatic heterocycles. The summed E-state index contributed by atoms with van der Waals surface area (Å²) in [6.07, 6.45) is 5.72. The Bertz CT molecular complexity index is 589. The van der Waals surface area contributed by atoms with Gasteiger partial charge < -0.3 is 20.7 Å². The maximum atomic E-state index is 12.0. The van der Waals surface area contributed by atoms with E-state index < -0.39 is 0 Å². The van der Waals surface area contributed by atoms with Gasteiger partial charge in [-0.15, -0.1) is 24.0 Å². The van der Waals surface area contributed by atoms with Crippen LogP contribution in [0.2, 0.25) is 0 Å². The van der Waals surface area contributed by atoms with Crippen LogP contribution in [0, 0.1) is 5.92 Å². The zero-order chi connectivity index (χ0) is 19.3. The first-order chi connectivity index (χ1) is 13.2. The lowest BCUT2D eigenvalue weighted by Gasteiger charge is -2.12. The van der Waals surface area contributed by atoms with Gasteiger partial charge in [0.1, 0.15) is 0 Å². The van der Waals surface area contributed by atoms with Crippen LogP contribution in [0.3, 0.4) is 0 Å². The fourth-order valence-electron chi connectivity index (χ4n) is 2.58. The van der Waals surface area contributed by atoms with Crippen LogP contribution in [-0.2, 0) is 11.3 Å². The van der Waals surface area contributed by atoms with E-state index in [-0.39, 0.29) is 29.9 Å². The lowest BCUT2D eigenvalue weighted by atomic mass is 10.1. The number of rotatable bonds is 12. The summed E-state index contributed by atoms with van der Waals surface area (Å²) in [6.45, 7) is 6.05. The largest absolute Gasteiger partial charge is 0.381 e. The summed E-state index contributed by atoms with van der Waals surface area (Å²) in [5.41, 5.74) is 1.80. The van der Waals surface area contributed by atoms with Crippen molar-refractivity contribution in [1.29, 1.82) is 0 Å². The Morgan fingerprint density at radius 1 is 1.11 bits per heavy atom. The van der Waals surface area contributed by atoms with Crippen LogP contribution in [0.4, 0.5) is 0 Å². The van der Waals surface area contributed by atoms with Crippen molar-refractivity contribution in [2.45, 2.75) is 45.6 Å². The second-order valence-corrected chi connectivity index (χ2v) is 7.03. The van der Waals surface area contributed by atoms with E-state index in [2.05, 4.69) is 27.9 Å². The number of hydrogen-bond acceptors (Lipinski definition) is 3. The maximum absolute atomic E-state index is 12.0. The van der Waals surface area contributed by atoms with Gasteiger partial charge in [0.05, 0.1) is 0 Å². The SMILES string of the molecule is CCCCNC(=O)c1ccc(CNC(=NC)NCCCOCC2CC2)cc1.I. The van der Waals surface area contributed by atoms with Gasteiger partial charge in [0.15, 0.2) is 5.96 Å². The highest BCUT2D eigenvalue weighted by atomic mass is 127. The molecule has 0 spiro atoms. The van der Waals surface area contributed by atoms with Gasteiger partial charge in [0.2, 0.25) is 0 Å². The molecule has 0 aromatic heterocycles. The van der Waals surface area contributed by atoms with Crippen LogP contribution >= 0.6 is 24.0 Å². The average Bonchev–Trinajstić information content (AvgIpc) is 3.51. The van der Waals surface area contributed by atoms with Crippen LogP contribution in [0.15, 0.2) is 29.3 Å². The third-order valence-corrected chi connectivity index (χ3v) is 4.52. The number of carbonyl (C=O) groups excluding carboxylic acids is 1. The maximum Gasteiger partial charge on any atom is 0.251 e. The molecule has 7 heteroatoms. The molecule has 3 N–H and O–H groups in total. The van der Waals surface area contributed by atoms with E-state index >= 15 is 0 Å². The van der Waals surface area contributed by atoms with Crippen molar-refractivity contribution in [3.63, 3.8) is 0 Å². The molecule has 2 rings (SSSR count). The number of aliphatic imine (C=N–C) groups is 1. The van der Waals surface area contributed by atoms with Crippen LogP contribution < -0.4 is 16.0 Å². The van der Waals surface area contributed by atoms with E-state index in [0.29, 0.717) is 12.1 Å². The molecule has 0 atom stereocenters. The molecule has 0 unspecified atom stereocenters. The van der Waals surface area contributed by atoms with Crippen molar-refractivity contribution in [3.05, 3.63) is 35.4 Å². The number of nitrogens with zero attached hydrogens (tertiary/aromatic N) is 1. The molecule has 1 aromatic rings. The highest BCUT2D eigenvalue weighted by Gasteiger charge is 2.20. The summed E-state index contributed by atoms with van der Waals surface area (Å²) in [4.78, 5) is 16.2. The second kappa shape index (κ2) is 14.6. The molecule has 0 heterocycles. The molecule has 0 saturated heterocycles. The molecule has 28 heavy (non-hydrogen) atoms. The smallest absolute Gasteiger partial charge is 0.251 e. The Morgan fingerprint density at radius 2 is 1.82 bits per heavy atom. The first-order valence-electron chi connectivity index (χ1n) is 10.1. The summed E-state index contributed by atoms with van der Waals surface area (Å²) in [6, 6.07) is 7.68. The zero-order valence-corrected chi connectivity index (χ0v) is 19.5. The Balaban J connectivity index is 0.00000392. The van der Waals surface area contributed by atoms with Crippen molar-refractivity contribution >= 4 is 35.8 Å². The van der Waals surface area contributed by atoms with Crippen LogP contribution in [-0.4, -0.2) is 45.2 Å². The number of ether oxygens (including phenoxy) is 1. The van der Waals surface area contributed by atoms with Crippen LogP contribution in [0.1, 0.15) is 54.9 Å². The van der Waals surface area contributed by atoms with Crippen LogP contribution in [0.25, 0.3) is 0 Å². The van der Waals surface area contributed by atoms with Gasteiger partial charge in [-0.3, -0.25) is 9.79 Å². The number of halogens is 1. The normalized spacial score (nSPS) is 13.6. The first kappa shape index (κ1) is 24.7. The number of carbonyl (C=O) groups is 1. The van der Waals surface area contributed by atoms with Gasteiger partial charge >= 0.3 is 0 Å². The van der Waals surface area contributed by atoms with Gasteiger partial charge in [-0.25, -0.2) is 0 Å². The molecule has 0 bridgehead atoms. The molecule has 1 aliphatic rings. The number of benzene rings is 1. The number of unbranched alkanes of at least 4 members (excludes halogenated alkanes) is 1. The fourth-order valence-corrected chi connectivity index (χ4v) is 2.58. The van der Waals surface area contributed by atoms with E-state index in [1.54, 1.807) is 7.05 Å². The monoisotopic (exact) mass is 502 g/mol. The van der Waals surface area contributed by atoms with Crippen molar-refractivity contribution < 1.29 is 9.53 Å². The summed E-state index contributed by atoms with van der Waals surface area (Å²) < 4.78 is 5.63. The topological polar surface area (TPSA) is 74.8 Å². The van der Waals surface area contributed by atoms with E-state index in [1.807, 2.05) is 24.3 Å². The van der Waals surface area contributed by atoms with E-state index in [1.165, 1.54) is 12.8 Å². The third kappa shape index (κ3) is 10.3. The highest BCUT2D eigenvalue weighted by Crippen LogP contribution is 2.28. The zero-order valence-electron chi connectivity index (χ0n) is 17.1. The Labute approximate surface area is 186 Å². The molecular weight excluding hydrogens is 467 g/mol. The van der Waals surface area contributed by atoms with Gasteiger partial charge in [-0.1, -0.05) is 25.5 Å². The van der Waals surface area contributed by atoms with Crippen LogP contribution in [0.5, 0.6) is 0 Å². The predicted octanol–water partition coefficient (Wildman–Crippen LogP) is 3.32. The highest BCUT2D eigenvalue weighted by molar-refractivity contribution is 14.0. The summed E-state index contributed by atoms with van der Waals surface area (Å²) >= 11 is 0. The van der Waals surface area contributed by atoms with E-state index in [0.717, 1.165) is 63.0 Å². The van der Waals surface area contributed by atoms with Crippen molar-refractivity contribution in [2.75, 3.05) is 33.4 Å². The summed E-state index contributed by atoms with van der Waals surface area (Å²) in [5.74, 6) is 1.59. The molecule has 6 nitrogen and oxygen atoms in total. The Hall–Kier alpha value is -1.35. The number of guanidine groups is 1. The standard InChI is InChI=1S/C21H34N4O2.HI/c1-3-4-12-23-20(26)19-10-8-17(9-11-19)15-25-21(22-2)24-13-5-14-27-16-18-6-7-18;/h8-11,18H,3-7,12-16H2,1-2H3,(H,23,26)(H2,22,24,25);1H. The molecule has 1 amide bonds. The minimum atomic E-state index is -0.00987. The van der Waals surface area contributed by atoms with Gasteiger partial charge in [-0.2, -0.15) is 0 Å². The van der Waals surface area contributed by atoms with Gasteiger partial charge in [-0.05, 0) is 49.3 Å². The number of amides is 1. The summed E-state index contributed by atoms with van der Waals surface area (Å²) in [5, 5.41) is 9.52. The average molecular weight is 502 g/mol. The van der Waals surface area contributed by atoms with Gasteiger partial charge in [0, 0.05) is 45.5 Å². The van der Waals surface area contributed by atoms with E-state index in [9.17, 15) is 4.79 Å². The van der Waals surface area contributed by atoms with Crippen molar-refractivity contribution in [2.24, 2.45) is 10.9 Å². The lowest BCUT2D eigenvalue weighted by Crippen LogP contribution is -2.37. The number of nitrogens with one attached hydrogen (secondary N) is 3. The Kier molecular flexibility index (Phi) is 12.9. The molecule has 1 saturated carbocycles. The third-order valence-electron chi connectivity index (χ3n) is 4.52. The minimum absolute atomic E-state index is 0. The quantitative estimate of drug-likeness (QED) is 0.178. The minimum Gasteiger partial charge on any atom is -0.381 e. The molecule has 1 fully saturated rings. The molecule has 1 aliphatic carbocycles. The van der Waals surface area contributed by atoms with Gasteiger partial charge in [0.25, 0.3) is 5.91 Å². The molecule has 158 valence electrons.